The monoisotopic (exact) mass is 288 g/mol. The van der Waals surface area contributed by atoms with E-state index in [9.17, 15) is 9.18 Å². The summed E-state index contributed by atoms with van der Waals surface area (Å²) in [6, 6.07) is 12.9. The van der Waals surface area contributed by atoms with E-state index in [4.69, 9.17) is 10.2 Å². The SMILES string of the molecule is NC(=O)[C@@H]1C[C@@H](F)CN1Cc1ccc(-c2ccccc2)o1. The van der Waals surface area contributed by atoms with E-state index >= 15 is 0 Å². The van der Waals surface area contributed by atoms with Crippen molar-refractivity contribution in [3.05, 3.63) is 48.2 Å². The molecule has 1 fully saturated rings. The third-order valence-corrected chi connectivity index (χ3v) is 3.76. The quantitative estimate of drug-likeness (QED) is 0.939. The highest BCUT2D eigenvalue weighted by Crippen LogP contribution is 2.26. The number of nitrogens with zero attached hydrogens (tertiary/aromatic N) is 1. The molecule has 0 saturated carbocycles. The minimum absolute atomic E-state index is 0.168. The van der Waals surface area contributed by atoms with Crippen molar-refractivity contribution in [1.29, 1.82) is 0 Å². The summed E-state index contributed by atoms with van der Waals surface area (Å²) in [7, 11) is 0. The molecule has 1 aliphatic heterocycles. The predicted molar refractivity (Wildman–Crippen MR) is 77.0 cm³/mol. The molecular formula is C16H17FN2O2. The van der Waals surface area contributed by atoms with Gasteiger partial charge in [-0.05, 0) is 12.1 Å². The van der Waals surface area contributed by atoms with Crippen LogP contribution in [-0.2, 0) is 11.3 Å². The van der Waals surface area contributed by atoms with Gasteiger partial charge in [-0.1, -0.05) is 30.3 Å². The van der Waals surface area contributed by atoms with Crippen molar-refractivity contribution in [2.24, 2.45) is 5.73 Å². The second kappa shape index (κ2) is 5.69. The van der Waals surface area contributed by atoms with Gasteiger partial charge in [0, 0.05) is 18.5 Å². The van der Waals surface area contributed by atoms with E-state index in [0.717, 1.165) is 11.3 Å². The van der Waals surface area contributed by atoms with Crippen molar-refractivity contribution < 1.29 is 13.6 Å². The van der Waals surface area contributed by atoms with Gasteiger partial charge in [0.05, 0.1) is 12.6 Å². The first kappa shape index (κ1) is 13.8. The Kier molecular flexibility index (Phi) is 3.75. The zero-order valence-corrected chi connectivity index (χ0v) is 11.5. The fourth-order valence-corrected chi connectivity index (χ4v) is 2.74. The second-order valence-corrected chi connectivity index (χ2v) is 5.31. The Hall–Kier alpha value is -2.14. The van der Waals surface area contributed by atoms with Crippen molar-refractivity contribution in [3.63, 3.8) is 0 Å². The molecule has 4 nitrogen and oxygen atoms in total. The van der Waals surface area contributed by atoms with Crippen LogP contribution in [0.4, 0.5) is 4.39 Å². The van der Waals surface area contributed by atoms with Gasteiger partial charge in [0.25, 0.3) is 0 Å². The summed E-state index contributed by atoms with van der Waals surface area (Å²) < 4.78 is 19.3. The predicted octanol–water partition coefficient (Wildman–Crippen LogP) is 2.34. The lowest BCUT2D eigenvalue weighted by Gasteiger charge is -2.19. The Bertz CT molecular complexity index is 626. The van der Waals surface area contributed by atoms with Crippen LogP contribution in [0.2, 0.25) is 0 Å². The molecule has 0 aliphatic carbocycles. The van der Waals surface area contributed by atoms with Crippen molar-refractivity contribution in [1.82, 2.24) is 4.90 Å². The second-order valence-electron chi connectivity index (χ2n) is 5.31. The number of primary amides is 1. The van der Waals surface area contributed by atoms with E-state index in [1.54, 1.807) is 4.90 Å². The van der Waals surface area contributed by atoms with Crippen LogP contribution in [0.15, 0.2) is 46.9 Å². The normalized spacial score (nSPS) is 22.5. The Balaban J connectivity index is 1.74. The molecule has 2 atom stereocenters. The average molecular weight is 288 g/mol. The van der Waals surface area contributed by atoms with Crippen LogP contribution in [0.1, 0.15) is 12.2 Å². The fourth-order valence-electron chi connectivity index (χ4n) is 2.74. The zero-order chi connectivity index (χ0) is 14.8. The molecule has 0 radical (unpaired) electrons. The van der Waals surface area contributed by atoms with Gasteiger partial charge in [0.15, 0.2) is 0 Å². The Morgan fingerprint density at radius 2 is 2.05 bits per heavy atom. The molecule has 2 heterocycles. The van der Waals surface area contributed by atoms with Crippen molar-refractivity contribution in [2.45, 2.75) is 25.2 Å². The first-order valence-electron chi connectivity index (χ1n) is 6.95. The minimum Gasteiger partial charge on any atom is -0.460 e. The van der Waals surface area contributed by atoms with Crippen LogP contribution >= 0.6 is 0 Å². The van der Waals surface area contributed by atoms with Gasteiger partial charge in [0.1, 0.15) is 17.7 Å². The van der Waals surface area contributed by atoms with E-state index in [-0.39, 0.29) is 13.0 Å². The molecule has 110 valence electrons. The molecule has 3 rings (SSSR count). The first-order chi connectivity index (χ1) is 10.1. The molecule has 1 saturated heterocycles. The Morgan fingerprint density at radius 1 is 1.29 bits per heavy atom. The van der Waals surface area contributed by atoms with E-state index in [1.807, 2.05) is 42.5 Å². The van der Waals surface area contributed by atoms with Gasteiger partial charge in [-0.25, -0.2) is 4.39 Å². The fraction of sp³-hybridized carbons (Fsp3) is 0.312. The van der Waals surface area contributed by atoms with Gasteiger partial charge in [-0.3, -0.25) is 9.69 Å². The molecule has 2 aromatic rings. The van der Waals surface area contributed by atoms with Crippen LogP contribution in [-0.4, -0.2) is 29.6 Å². The lowest BCUT2D eigenvalue weighted by molar-refractivity contribution is -0.122. The molecule has 0 bridgehead atoms. The number of carbonyl (C=O) groups excluding carboxylic acids is 1. The van der Waals surface area contributed by atoms with E-state index in [1.165, 1.54) is 0 Å². The molecular weight excluding hydrogens is 271 g/mol. The van der Waals surface area contributed by atoms with Crippen molar-refractivity contribution >= 4 is 5.91 Å². The number of furan rings is 1. The molecule has 1 aliphatic rings. The van der Waals surface area contributed by atoms with Crippen molar-refractivity contribution in [2.75, 3.05) is 6.54 Å². The Morgan fingerprint density at radius 3 is 2.76 bits per heavy atom. The highest BCUT2D eigenvalue weighted by atomic mass is 19.1. The number of benzene rings is 1. The number of hydrogen-bond acceptors (Lipinski definition) is 3. The maximum absolute atomic E-state index is 13.5. The van der Waals surface area contributed by atoms with Gasteiger partial charge in [-0.2, -0.15) is 0 Å². The maximum Gasteiger partial charge on any atom is 0.234 e. The minimum atomic E-state index is -1.01. The lowest BCUT2D eigenvalue weighted by atomic mass is 10.2. The summed E-state index contributed by atoms with van der Waals surface area (Å²) in [5.74, 6) is 0.983. The summed E-state index contributed by atoms with van der Waals surface area (Å²) >= 11 is 0. The number of likely N-dealkylation sites (tertiary alicyclic amines) is 1. The molecule has 1 amide bonds. The van der Waals surface area contributed by atoms with Gasteiger partial charge >= 0.3 is 0 Å². The number of rotatable bonds is 4. The number of nitrogens with two attached hydrogens (primary N) is 1. The van der Waals surface area contributed by atoms with Gasteiger partial charge in [-0.15, -0.1) is 0 Å². The van der Waals surface area contributed by atoms with Crippen LogP contribution in [0.3, 0.4) is 0 Å². The topological polar surface area (TPSA) is 59.5 Å². The maximum atomic E-state index is 13.5. The number of halogens is 1. The lowest BCUT2D eigenvalue weighted by Crippen LogP contribution is -2.39. The summed E-state index contributed by atoms with van der Waals surface area (Å²) in [5.41, 5.74) is 6.31. The van der Waals surface area contributed by atoms with Crippen LogP contribution in [0, 0.1) is 0 Å². The van der Waals surface area contributed by atoms with Crippen LogP contribution in [0.5, 0.6) is 0 Å². The average Bonchev–Trinajstić information content (AvgIpc) is 3.07. The molecule has 0 unspecified atom stereocenters. The summed E-state index contributed by atoms with van der Waals surface area (Å²) in [6.45, 7) is 0.607. The number of carbonyl (C=O) groups is 1. The molecule has 21 heavy (non-hydrogen) atoms. The van der Waals surface area contributed by atoms with Crippen LogP contribution < -0.4 is 5.73 Å². The highest BCUT2D eigenvalue weighted by Gasteiger charge is 2.36. The molecule has 0 spiro atoms. The van der Waals surface area contributed by atoms with Gasteiger partial charge in [0.2, 0.25) is 5.91 Å². The summed E-state index contributed by atoms with van der Waals surface area (Å²) in [4.78, 5) is 13.1. The number of alkyl halides is 1. The molecule has 2 N–H and O–H groups in total. The van der Waals surface area contributed by atoms with Crippen molar-refractivity contribution in [3.8, 4) is 11.3 Å². The van der Waals surface area contributed by atoms with E-state index < -0.39 is 18.1 Å². The standard InChI is InChI=1S/C16H17FN2O2/c17-12-8-14(16(18)20)19(9-12)10-13-6-7-15(21-13)11-4-2-1-3-5-11/h1-7,12,14H,8-10H2,(H2,18,20)/t12-,14+/m1/s1. The van der Waals surface area contributed by atoms with Crippen LogP contribution in [0.25, 0.3) is 11.3 Å². The molecule has 5 heteroatoms. The third kappa shape index (κ3) is 2.97. The zero-order valence-electron chi connectivity index (χ0n) is 11.5. The van der Waals surface area contributed by atoms with E-state index in [0.29, 0.717) is 12.3 Å². The molecule has 1 aromatic carbocycles. The number of amides is 1. The third-order valence-electron chi connectivity index (χ3n) is 3.76. The Labute approximate surface area is 122 Å². The van der Waals surface area contributed by atoms with Gasteiger partial charge < -0.3 is 10.2 Å². The first-order valence-corrected chi connectivity index (χ1v) is 6.95. The number of hydrogen-bond donors (Lipinski definition) is 1. The summed E-state index contributed by atoms with van der Waals surface area (Å²) in [6.07, 6.45) is -0.840. The summed E-state index contributed by atoms with van der Waals surface area (Å²) in [5, 5.41) is 0. The smallest absolute Gasteiger partial charge is 0.234 e. The largest absolute Gasteiger partial charge is 0.460 e. The van der Waals surface area contributed by atoms with E-state index in [2.05, 4.69) is 0 Å². The molecule has 1 aromatic heterocycles. The highest BCUT2D eigenvalue weighted by molar-refractivity contribution is 5.80.